The molecule has 1 N–H and O–H groups in total. The van der Waals surface area contributed by atoms with Crippen LogP contribution in [0.4, 0.5) is 0 Å². The molecule has 0 saturated heterocycles. The number of hydrogen-bond donors (Lipinski definition) is 1. The van der Waals surface area contributed by atoms with Gasteiger partial charge in [-0.15, -0.1) is 11.3 Å². The molecule has 2 aromatic heterocycles. The Morgan fingerprint density at radius 1 is 1.16 bits per heavy atom. The van der Waals surface area contributed by atoms with Gasteiger partial charge in [-0.25, -0.2) is 10.2 Å². The maximum absolute atomic E-state index is 11.9. The Hall–Kier alpha value is -3.59. The number of thiophene rings is 1. The molecule has 3 rings (SSSR count). The number of furan rings is 1. The van der Waals surface area contributed by atoms with Gasteiger partial charge in [0.15, 0.2) is 11.5 Å². The van der Waals surface area contributed by atoms with Crippen LogP contribution in [0.1, 0.15) is 33.7 Å². The highest BCUT2D eigenvalue weighted by atomic mass is 32.1. The maximum atomic E-state index is 11.9. The number of rotatable bonds is 10. The van der Waals surface area contributed by atoms with Gasteiger partial charge in [0, 0.05) is 4.88 Å². The molecule has 31 heavy (non-hydrogen) atoms. The highest BCUT2D eigenvalue weighted by Crippen LogP contribution is 2.29. The monoisotopic (exact) mass is 442 g/mol. The second-order valence-corrected chi connectivity index (χ2v) is 7.27. The first-order chi connectivity index (χ1) is 15.1. The summed E-state index contributed by atoms with van der Waals surface area (Å²) in [5, 5.41) is 5.92. The normalized spacial score (nSPS) is 10.8. The van der Waals surface area contributed by atoms with Crippen LogP contribution in [0.3, 0.4) is 0 Å². The zero-order valence-electron chi connectivity index (χ0n) is 17.1. The predicted molar refractivity (Wildman–Crippen MR) is 116 cm³/mol. The molecule has 2 heterocycles. The lowest BCUT2D eigenvalue weighted by molar-refractivity contribution is -0.120. The number of nitrogens with zero attached hydrogens (tertiary/aromatic N) is 1. The van der Waals surface area contributed by atoms with Crippen molar-refractivity contribution in [2.75, 3.05) is 13.7 Å². The van der Waals surface area contributed by atoms with E-state index in [4.69, 9.17) is 13.9 Å². The third-order valence-electron chi connectivity index (χ3n) is 4.00. The van der Waals surface area contributed by atoms with E-state index in [1.54, 1.807) is 24.3 Å². The van der Waals surface area contributed by atoms with Gasteiger partial charge in [0.1, 0.15) is 12.4 Å². The van der Waals surface area contributed by atoms with Gasteiger partial charge in [-0.3, -0.25) is 4.79 Å². The number of nitrogens with one attached hydrogen (secondary N) is 1. The van der Waals surface area contributed by atoms with E-state index in [1.165, 1.54) is 30.7 Å². The molecule has 1 amide bonds. The number of hydrogen-bond acceptors (Lipinski definition) is 8. The second-order valence-electron chi connectivity index (χ2n) is 6.23. The van der Waals surface area contributed by atoms with E-state index in [0.717, 1.165) is 10.4 Å². The summed E-state index contributed by atoms with van der Waals surface area (Å²) in [6.45, 7) is 2.43. The average molecular weight is 442 g/mol. The summed E-state index contributed by atoms with van der Waals surface area (Å²) in [6, 6.07) is 12.3. The first-order valence-electron chi connectivity index (χ1n) is 9.50. The van der Waals surface area contributed by atoms with E-state index in [-0.39, 0.29) is 24.7 Å². The summed E-state index contributed by atoms with van der Waals surface area (Å²) in [6.07, 6.45) is 1.82. The van der Waals surface area contributed by atoms with Gasteiger partial charge in [0.25, 0.3) is 0 Å². The third kappa shape index (κ3) is 6.45. The molecule has 0 aliphatic rings. The number of carbonyl (C=O) groups excluding carboxylic acids is 2. The number of ether oxygens (including phenoxy) is 3. The van der Waals surface area contributed by atoms with Gasteiger partial charge in [0.2, 0.25) is 11.7 Å². The first kappa shape index (κ1) is 22.1. The Balaban J connectivity index is 1.60. The van der Waals surface area contributed by atoms with Gasteiger partial charge in [-0.05, 0) is 54.3 Å². The standard InChI is InChI=1S/C22H22N2O6S/c1-3-28-20-11-15(13-23-24-21(25)12-17-5-4-10-31-17)6-8-18(20)29-14-16-7-9-19(30-16)22(26)27-2/h4-11,13H,3,12,14H2,1-2H3,(H,24,25)/b23-13+. The molecular weight excluding hydrogens is 420 g/mol. The second kappa shape index (κ2) is 11.0. The van der Waals surface area contributed by atoms with Crippen LogP contribution in [0, 0.1) is 0 Å². The van der Waals surface area contributed by atoms with Crippen molar-refractivity contribution < 1.29 is 28.2 Å². The Kier molecular flexibility index (Phi) is 7.83. The maximum Gasteiger partial charge on any atom is 0.373 e. The van der Waals surface area contributed by atoms with E-state index in [0.29, 0.717) is 23.9 Å². The van der Waals surface area contributed by atoms with E-state index in [2.05, 4.69) is 15.3 Å². The predicted octanol–water partition coefficient (Wildman–Crippen LogP) is 3.80. The summed E-state index contributed by atoms with van der Waals surface area (Å²) in [5.41, 5.74) is 3.25. The summed E-state index contributed by atoms with van der Waals surface area (Å²) in [7, 11) is 1.29. The number of methoxy groups -OCH3 is 1. The lowest BCUT2D eigenvalue weighted by Crippen LogP contribution is -2.19. The zero-order valence-corrected chi connectivity index (χ0v) is 17.9. The molecule has 0 bridgehead atoms. The van der Waals surface area contributed by atoms with Crippen molar-refractivity contribution >= 4 is 29.4 Å². The number of benzene rings is 1. The van der Waals surface area contributed by atoms with Crippen molar-refractivity contribution in [3.05, 3.63) is 69.8 Å². The van der Waals surface area contributed by atoms with Gasteiger partial charge in [-0.1, -0.05) is 6.07 Å². The Morgan fingerprint density at radius 3 is 2.77 bits per heavy atom. The molecule has 0 saturated carbocycles. The van der Waals surface area contributed by atoms with Crippen molar-refractivity contribution in [2.24, 2.45) is 5.10 Å². The summed E-state index contributed by atoms with van der Waals surface area (Å²) in [5.74, 6) is 0.884. The minimum atomic E-state index is -0.549. The van der Waals surface area contributed by atoms with Gasteiger partial charge in [0.05, 0.1) is 26.4 Å². The zero-order chi connectivity index (χ0) is 22.1. The highest BCUT2D eigenvalue weighted by molar-refractivity contribution is 7.10. The van der Waals surface area contributed by atoms with Crippen molar-refractivity contribution in [1.29, 1.82) is 0 Å². The summed E-state index contributed by atoms with van der Waals surface area (Å²) < 4.78 is 21.4. The van der Waals surface area contributed by atoms with Crippen molar-refractivity contribution in [3.63, 3.8) is 0 Å². The topological polar surface area (TPSA) is 99.4 Å². The van der Waals surface area contributed by atoms with Gasteiger partial charge < -0.3 is 18.6 Å². The van der Waals surface area contributed by atoms with Gasteiger partial charge >= 0.3 is 5.97 Å². The largest absolute Gasteiger partial charge is 0.490 e. The lowest BCUT2D eigenvalue weighted by atomic mass is 10.2. The number of hydrazone groups is 1. The first-order valence-corrected chi connectivity index (χ1v) is 10.4. The van der Waals surface area contributed by atoms with Gasteiger partial charge in [-0.2, -0.15) is 5.10 Å². The molecule has 8 nitrogen and oxygen atoms in total. The van der Waals surface area contributed by atoms with Crippen molar-refractivity contribution in [1.82, 2.24) is 5.43 Å². The van der Waals surface area contributed by atoms with Crippen LogP contribution < -0.4 is 14.9 Å². The molecule has 9 heteroatoms. The van der Waals surface area contributed by atoms with Crippen LogP contribution in [-0.4, -0.2) is 31.8 Å². The van der Waals surface area contributed by atoms with E-state index in [1.807, 2.05) is 24.4 Å². The van der Waals surface area contributed by atoms with Crippen LogP contribution in [-0.2, 0) is 22.6 Å². The van der Waals surface area contributed by atoms with Crippen molar-refractivity contribution in [3.8, 4) is 11.5 Å². The van der Waals surface area contributed by atoms with Crippen molar-refractivity contribution in [2.45, 2.75) is 20.0 Å². The lowest BCUT2D eigenvalue weighted by Gasteiger charge is -2.11. The number of amides is 1. The Labute approximate surface area is 183 Å². The van der Waals surface area contributed by atoms with E-state index < -0.39 is 5.97 Å². The minimum Gasteiger partial charge on any atom is -0.490 e. The molecule has 0 fully saturated rings. The molecule has 0 spiro atoms. The minimum absolute atomic E-state index is 0.110. The fraction of sp³-hybridized carbons (Fsp3) is 0.227. The number of carbonyl (C=O) groups is 2. The summed E-state index contributed by atoms with van der Waals surface area (Å²) >= 11 is 1.52. The molecular formula is C22H22N2O6S. The molecule has 0 aliphatic carbocycles. The Morgan fingerprint density at radius 2 is 2.03 bits per heavy atom. The van der Waals surface area contributed by atoms with Crippen LogP contribution >= 0.6 is 11.3 Å². The van der Waals surface area contributed by atoms with Crippen LogP contribution in [0.2, 0.25) is 0 Å². The molecule has 3 aromatic rings. The fourth-order valence-electron chi connectivity index (χ4n) is 2.60. The molecule has 0 unspecified atom stereocenters. The van der Waals surface area contributed by atoms with Crippen LogP contribution in [0.15, 0.2) is 57.4 Å². The average Bonchev–Trinajstić information content (AvgIpc) is 3.45. The molecule has 0 atom stereocenters. The van der Waals surface area contributed by atoms with Crippen LogP contribution in [0.5, 0.6) is 11.5 Å². The molecule has 1 aromatic carbocycles. The molecule has 162 valence electrons. The Bertz CT molecular complexity index is 1040. The fourth-order valence-corrected chi connectivity index (χ4v) is 3.30. The number of esters is 1. The third-order valence-corrected chi connectivity index (χ3v) is 4.88. The SMILES string of the molecule is CCOc1cc(/C=N/NC(=O)Cc2cccs2)ccc1OCc1ccc(C(=O)OC)o1. The highest BCUT2D eigenvalue weighted by Gasteiger charge is 2.13. The van der Waals surface area contributed by atoms with E-state index in [9.17, 15) is 9.59 Å². The summed E-state index contributed by atoms with van der Waals surface area (Å²) in [4.78, 5) is 24.4. The van der Waals surface area contributed by atoms with Crippen LogP contribution in [0.25, 0.3) is 0 Å². The van der Waals surface area contributed by atoms with E-state index >= 15 is 0 Å². The smallest absolute Gasteiger partial charge is 0.373 e. The quantitative estimate of drug-likeness (QED) is 0.291. The molecule has 0 aliphatic heterocycles. The molecule has 0 radical (unpaired) electrons.